The first kappa shape index (κ1) is 23.0. The second kappa shape index (κ2) is 9.37. The van der Waals surface area contributed by atoms with Crippen LogP contribution in [0.2, 0.25) is 0 Å². The largest absolute Gasteiger partial charge is 0.416 e. The van der Waals surface area contributed by atoms with Crippen LogP contribution >= 0.6 is 11.3 Å². The molecule has 0 atom stereocenters. The monoisotopic (exact) mass is 479 g/mol. The average Bonchev–Trinajstić information content (AvgIpc) is 3.33. The number of halogens is 3. The molecule has 32 heavy (non-hydrogen) atoms. The van der Waals surface area contributed by atoms with Crippen molar-refractivity contribution in [1.82, 2.24) is 4.90 Å². The molecule has 1 fully saturated rings. The average molecular weight is 480 g/mol. The van der Waals surface area contributed by atoms with Crippen LogP contribution in [0.5, 0.6) is 0 Å². The first-order chi connectivity index (χ1) is 15.2. The van der Waals surface area contributed by atoms with Crippen LogP contribution < -0.4 is 0 Å². The SMILES string of the molecule is O=S(=O)(c1ccc(-c2cccs2)cc1)C1CCN(CCc2ccccc2C(F)(F)F)CC1. The van der Waals surface area contributed by atoms with Crippen molar-refractivity contribution in [2.45, 2.75) is 35.6 Å². The lowest BCUT2D eigenvalue weighted by Gasteiger charge is -2.32. The third kappa shape index (κ3) is 5.08. The van der Waals surface area contributed by atoms with E-state index in [1.165, 1.54) is 12.1 Å². The summed E-state index contributed by atoms with van der Waals surface area (Å²) in [6, 6.07) is 16.6. The first-order valence-corrected chi connectivity index (χ1v) is 12.9. The number of hydrogen-bond acceptors (Lipinski definition) is 4. The Labute approximate surface area is 190 Å². The van der Waals surface area contributed by atoms with Gasteiger partial charge in [0.2, 0.25) is 0 Å². The van der Waals surface area contributed by atoms with Crippen LogP contribution in [0, 0.1) is 0 Å². The molecule has 0 N–H and O–H groups in total. The molecule has 0 aliphatic carbocycles. The summed E-state index contributed by atoms with van der Waals surface area (Å²) in [6.07, 6.45) is -3.11. The van der Waals surface area contributed by atoms with Crippen molar-refractivity contribution in [1.29, 1.82) is 0 Å². The fourth-order valence-electron chi connectivity index (χ4n) is 4.18. The molecule has 0 radical (unpaired) electrons. The van der Waals surface area contributed by atoms with Gasteiger partial charge in [0.15, 0.2) is 9.84 Å². The zero-order valence-electron chi connectivity index (χ0n) is 17.4. The third-order valence-corrected chi connectivity index (χ3v) is 9.18. The molecule has 1 aliphatic heterocycles. The molecule has 1 aromatic heterocycles. The van der Waals surface area contributed by atoms with Crippen LogP contribution in [0.15, 0.2) is 70.9 Å². The Kier molecular flexibility index (Phi) is 6.74. The molecule has 0 amide bonds. The zero-order valence-corrected chi connectivity index (χ0v) is 19.0. The predicted octanol–water partition coefficient (Wildman–Crippen LogP) is 5.91. The molecule has 0 saturated carbocycles. The lowest BCUT2D eigenvalue weighted by Crippen LogP contribution is -2.40. The van der Waals surface area contributed by atoms with Crippen molar-refractivity contribution in [2.75, 3.05) is 19.6 Å². The van der Waals surface area contributed by atoms with Gasteiger partial charge < -0.3 is 4.90 Å². The topological polar surface area (TPSA) is 37.4 Å². The Hall–Kier alpha value is -2.16. The highest BCUT2D eigenvalue weighted by Gasteiger charge is 2.34. The molecule has 170 valence electrons. The van der Waals surface area contributed by atoms with Crippen molar-refractivity contribution < 1.29 is 21.6 Å². The number of alkyl halides is 3. The molecule has 8 heteroatoms. The minimum absolute atomic E-state index is 0.278. The minimum atomic E-state index is -4.36. The summed E-state index contributed by atoms with van der Waals surface area (Å²) in [5, 5.41) is 1.52. The van der Waals surface area contributed by atoms with Gasteiger partial charge >= 0.3 is 6.18 Å². The molecule has 0 spiro atoms. The molecule has 1 saturated heterocycles. The number of hydrogen-bond donors (Lipinski definition) is 0. The molecular weight excluding hydrogens is 455 g/mol. The van der Waals surface area contributed by atoms with Crippen LogP contribution in [-0.2, 0) is 22.4 Å². The van der Waals surface area contributed by atoms with Crippen molar-refractivity contribution in [3.8, 4) is 10.4 Å². The van der Waals surface area contributed by atoms with E-state index < -0.39 is 26.8 Å². The van der Waals surface area contributed by atoms with E-state index in [-0.39, 0.29) is 12.0 Å². The standard InChI is InChI=1S/C24H24F3NO2S2/c25-24(26,27)22-5-2-1-4-18(22)11-14-28-15-12-21(13-16-28)32(29,30)20-9-7-19(8-10-20)23-6-3-17-31-23/h1-10,17,21H,11-16H2. The predicted molar refractivity (Wildman–Crippen MR) is 122 cm³/mol. The van der Waals surface area contributed by atoms with Crippen molar-refractivity contribution >= 4 is 21.2 Å². The van der Waals surface area contributed by atoms with Gasteiger partial charge in [-0.3, -0.25) is 0 Å². The smallest absolute Gasteiger partial charge is 0.303 e. The fraction of sp³-hybridized carbons (Fsp3) is 0.333. The van der Waals surface area contributed by atoms with Crippen LogP contribution in [0.3, 0.4) is 0 Å². The second-order valence-corrected chi connectivity index (χ2v) is 11.2. The highest BCUT2D eigenvalue weighted by molar-refractivity contribution is 7.92. The molecular formula is C24H24F3NO2S2. The summed E-state index contributed by atoms with van der Waals surface area (Å²) in [4.78, 5) is 3.48. The summed E-state index contributed by atoms with van der Waals surface area (Å²) in [5.41, 5.74) is 0.678. The maximum Gasteiger partial charge on any atom is 0.416 e. The molecule has 3 nitrogen and oxygen atoms in total. The van der Waals surface area contributed by atoms with Gasteiger partial charge in [0.1, 0.15) is 0 Å². The normalized spacial score (nSPS) is 16.3. The Morgan fingerprint density at radius 1 is 0.938 bits per heavy atom. The maximum atomic E-state index is 13.2. The molecule has 0 unspecified atom stereocenters. The number of thiophene rings is 1. The van der Waals surface area contributed by atoms with Gasteiger partial charge in [0.25, 0.3) is 0 Å². The van der Waals surface area contributed by atoms with E-state index in [1.54, 1.807) is 29.5 Å². The summed E-state index contributed by atoms with van der Waals surface area (Å²) >= 11 is 1.61. The summed E-state index contributed by atoms with van der Waals surface area (Å²) in [6.45, 7) is 1.60. The lowest BCUT2D eigenvalue weighted by atomic mass is 10.0. The van der Waals surface area contributed by atoms with Gasteiger partial charge in [-0.1, -0.05) is 36.4 Å². The van der Waals surface area contributed by atoms with E-state index in [1.807, 2.05) is 29.6 Å². The quantitative estimate of drug-likeness (QED) is 0.441. The van der Waals surface area contributed by atoms with Crippen molar-refractivity contribution in [2.24, 2.45) is 0 Å². The summed E-state index contributed by atoms with van der Waals surface area (Å²) in [7, 11) is -3.44. The Balaban J connectivity index is 1.35. The molecule has 1 aliphatic rings. The number of rotatable bonds is 6. The Morgan fingerprint density at radius 2 is 1.62 bits per heavy atom. The minimum Gasteiger partial charge on any atom is -0.303 e. The fourth-order valence-corrected chi connectivity index (χ4v) is 6.65. The number of benzene rings is 2. The van der Waals surface area contributed by atoms with Gasteiger partial charge in [-0.15, -0.1) is 11.3 Å². The third-order valence-electron chi connectivity index (χ3n) is 5.98. The Morgan fingerprint density at radius 3 is 2.25 bits per heavy atom. The van der Waals surface area contributed by atoms with Crippen molar-refractivity contribution in [3.63, 3.8) is 0 Å². The van der Waals surface area contributed by atoms with Gasteiger partial charge in [-0.05, 0) is 73.1 Å². The molecule has 2 heterocycles. The van der Waals surface area contributed by atoms with E-state index in [0.717, 1.165) is 16.5 Å². The molecule has 0 bridgehead atoms. The summed E-state index contributed by atoms with van der Waals surface area (Å²) < 4.78 is 65.7. The highest BCUT2D eigenvalue weighted by Crippen LogP contribution is 2.33. The number of likely N-dealkylation sites (tertiary alicyclic amines) is 1. The van der Waals surface area contributed by atoms with E-state index in [2.05, 4.69) is 4.90 Å². The number of nitrogens with zero attached hydrogens (tertiary/aromatic N) is 1. The number of piperidine rings is 1. The lowest BCUT2D eigenvalue weighted by molar-refractivity contribution is -0.138. The molecule has 3 aromatic rings. The second-order valence-electron chi connectivity index (χ2n) is 7.99. The first-order valence-electron chi connectivity index (χ1n) is 10.5. The summed E-state index contributed by atoms with van der Waals surface area (Å²) in [5.74, 6) is 0. The van der Waals surface area contributed by atoms with Crippen molar-refractivity contribution in [3.05, 3.63) is 77.2 Å². The van der Waals surface area contributed by atoms with Crippen LogP contribution in [0.25, 0.3) is 10.4 Å². The van der Waals surface area contributed by atoms with Gasteiger partial charge in [-0.25, -0.2) is 8.42 Å². The van der Waals surface area contributed by atoms with Crippen LogP contribution in [-0.4, -0.2) is 38.2 Å². The van der Waals surface area contributed by atoms with Gasteiger partial charge in [0.05, 0.1) is 15.7 Å². The van der Waals surface area contributed by atoms with Crippen LogP contribution in [0.4, 0.5) is 13.2 Å². The van der Waals surface area contributed by atoms with Gasteiger partial charge in [-0.2, -0.15) is 13.2 Å². The van der Waals surface area contributed by atoms with E-state index in [0.29, 0.717) is 37.4 Å². The van der Waals surface area contributed by atoms with Gasteiger partial charge in [0, 0.05) is 11.4 Å². The zero-order chi connectivity index (χ0) is 22.8. The van der Waals surface area contributed by atoms with E-state index in [9.17, 15) is 21.6 Å². The number of sulfone groups is 1. The van der Waals surface area contributed by atoms with E-state index >= 15 is 0 Å². The molecule has 2 aromatic carbocycles. The highest BCUT2D eigenvalue weighted by atomic mass is 32.2. The Bertz CT molecular complexity index is 1130. The van der Waals surface area contributed by atoms with E-state index in [4.69, 9.17) is 0 Å². The maximum absolute atomic E-state index is 13.2. The van der Waals surface area contributed by atoms with Crippen LogP contribution in [0.1, 0.15) is 24.0 Å². The molecule has 4 rings (SSSR count).